The zero-order valence-corrected chi connectivity index (χ0v) is 11.5. The normalized spacial score (nSPS) is 12.4. The van der Waals surface area contributed by atoms with Gasteiger partial charge in [-0.2, -0.15) is 0 Å². The van der Waals surface area contributed by atoms with E-state index in [-0.39, 0.29) is 12.4 Å². The molecule has 4 heteroatoms. The standard InChI is InChI=1S/C15H16FNOS/c1-11-2-5-14(6-3-11)19(18)10-12-4-7-15(16)13(8-12)9-17/h2-8H,9-10,17H2,1H3. The lowest BCUT2D eigenvalue weighted by Gasteiger charge is -2.06. The summed E-state index contributed by atoms with van der Waals surface area (Å²) in [6.45, 7) is 2.14. The van der Waals surface area contributed by atoms with Crippen LogP contribution in [-0.2, 0) is 23.1 Å². The van der Waals surface area contributed by atoms with E-state index in [0.29, 0.717) is 11.3 Å². The van der Waals surface area contributed by atoms with Gasteiger partial charge in [-0.15, -0.1) is 0 Å². The third-order valence-electron chi connectivity index (χ3n) is 2.91. The predicted octanol–water partition coefficient (Wildman–Crippen LogP) is 2.90. The van der Waals surface area contributed by atoms with E-state index < -0.39 is 10.8 Å². The molecule has 0 aliphatic heterocycles. The molecule has 19 heavy (non-hydrogen) atoms. The second-order valence-corrected chi connectivity index (χ2v) is 5.88. The van der Waals surface area contributed by atoms with Crippen molar-refractivity contribution >= 4 is 10.8 Å². The van der Waals surface area contributed by atoms with Crippen LogP contribution in [0.3, 0.4) is 0 Å². The summed E-state index contributed by atoms with van der Waals surface area (Å²) in [7, 11) is -1.12. The van der Waals surface area contributed by atoms with Gasteiger partial charge in [0.1, 0.15) is 5.82 Å². The highest BCUT2D eigenvalue weighted by molar-refractivity contribution is 7.84. The molecule has 0 saturated carbocycles. The topological polar surface area (TPSA) is 43.1 Å². The largest absolute Gasteiger partial charge is 0.326 e. The molecular formula is C15H16FNOS. The number of nitrogens with two attached hydrogens (primary N) is 1. The van der Waals surface area contributed by atoms with Crippen LogP contribution >= 0.6 is 0 Å². The number of benzene rings is 2. The molecule has 0 heterocycles. The molecule has 1 atom stereocenters. The van der Waals surface area contributed by atoms with Crippen molar-refractivity contribution in [1.82, 2.24) is 0 Å². The van der Waals surface area contributed by atoms with Crippen LogP contribution in [0.1, 0.15) is 16.7 Å². The first-order chi connectivity index (χ1) is 9.10. The smallest absolute Gasteiger partial charge is 0.127 e. The third-order valence-corrected chi connectivity index (χ3v) is 4.31. The predicted molar refractivity (Wildman–Crippen MR) is 75.6 cm³/mol. The number of rotatable bonds is 4. The van der Waals surface area contributed by atoms with Crippen LogP contribution in [-0.4, -0.2) is 4.21 Å². The van der Waals surface area contributed by atoms with E-state index in [0.717, 1.165) is 16.0 Å². The fourth-order valence-electron chi connectivity index (χ4n) is 1.80. The van der Waals surface area contributed by atoms with Crippen molar-refractivity contribution in [1.29, 1.82) is 0 Å². The molecule has 2 rings (SSSR count). The minimum absolute atomic E-state index is 0.150. The molecule has 2 N–H and O–H groups in total. The highest BCUT2D eigenvalue weighted by Crippen LogP contribution is 2.16. The summed E-state index contributed by atoms with van der Waals surface area (Å²) in [6.07, 6.45) is 0. The number of hydrogen-bond acceptors (Lipinski definition) is 2. The Balaban J connectivity index is 2.17. The summed E-state index contributed by atoms with van der Waals surface area (Å²) in [4.78, 5) is 0.782. The maximum atomic E-state index is 13.3. The zero-order chi connectivity index (χ0) is 13.8. The van der Waals surface area contributed by atoms with E-state index in [9.17, 15) is 8.60 Å². The van der Waals surface area contributed by atoms with Crippen LogP contribution in [0.4, 0.5) is 4.39 Å². The fourth-order valence-corrected chi connectivity index (χ4v) is 2.89. The van der Waals surface area contributed by atoms with E-state index in [4.69, 9.17) is 5.73 Å². The van der Waals surface area contributed by atoms with Crippen molar-refractivity contribution in [3.63, 3.8) is 0 Å². The summed E-state index contributed by atoms with van der Waals surface area (Å²) in [5.74, 6) is 0.0587. The van der Waals surface area contributed by atoms with Gasteiger partial charge in [0.2, 0.25) is 0 Å². The summed E-state index contributed by atoms with van der Waals surface area (Å²) in [5, 5.41) is 0. The average Bonchev–Trinajstić information content (AvgIpc) is 2.41. The maximum Gasteiger partial charge on any atom is 0.127 e. The minimum Gasteiger partial charge on any atom is -0.326 e. The van der Waals surface area contributed by atoms with Crippen LogP contribution in [0.2, 0.25) is 0 Å². The average molecular weight is 277 g/mol. The van der Waals surface area contributed by atoms with Gasteiger partial charge in [-0.25, -0.2) is 4.39 Å². The molecule has 0 radical (unpaired) electrons. The molecule has 2 aromatic rings. The Hall–Kier alpha value is -1.52. The van der Waals surface area contributed by atoms with Crippen molar-refractivity contribution in [2.45, 2.75) is 24.1 Å². The third kappa shape index (κ3) is 3.49. The van der Waals surface area contributed by atoms with E-state index in [1.54, 1.807) is 12.1 Å². The lowest BCUT2D eigenvalue weighted by Crippen LogP contribution is -2.03. The van der Waals surface area contributed by atoms with Crippen LogP contribution in [0.15, 0.2) is 47.4 Å². The molecule has 0 saturated heterocycles. The van der Waals surface area contributed by atoms with Gasteiger partial charge >= 0.3 is 0 Å². The molecule has 0 aliphatic carbocycles. The van der Waals surface area contributed by atoms with Gasteiger partial charge in [0.15, 0.2) is 0 Å². The van der Waals surface area contributed by atoms with Crippen LogP contribution in [0, 0.1) is 12.7 Å². The van der Waals surface area contributed by atoms with E-state index in [2.05, 4.69) is 0 Å². The SMILES string of the molecule is Cc1ccc(S(=O)Cc2ccc(F)c(CN)c2)cc1. The van der Waals surface area contributed by atoms with E-state index in [1.165, 1.54) is 6.07 Å². The Bertz CT molecular complexity index is 596. The fraction of sp³-hybridized carbons (Fsp3) is 0.200. The highest BCUT2D eigenvalue weighted by atomic mass is 32.2. The van der Waals surface area contributed by atoms with Gasteiger partial charge in [-0.05, 0) is 30.7 Å². The quantitative estimate of drug-likeness (QED) is 0.933. The second-order valence-electron chi connectivity index (χ2n) is 4.43. The first-order valence-electron chi connectivity index (χ1n) is 6.02. The second kappa shape index (κ2) is 6.08. The van der Waals surface area contributed by atoms with Crippen molar-refractivity contribution in [2.75, 3.05) is 0 Å². The van der Waals surface area contributed by atoms with Crippen molar-refractivity contribution in [3.8, 4) is 0 Å². The van der Waals surface area contributed by atoms with Crippen LogP contribution < -0.4 is 5.73 Å². The van der Waals surface area contributed by atoms with Gasteiger partial charge in [-0.3, -0.25) is 4.21 Å². The summed E-state index contributed by atoms with van der Waals surface area (Å²) in [6, 6.07) is 12.3. The Morgan fingerprint density at radius 2 is 1.84 bits per heavy atom. The molecule has 0 bridgehead atoms. The van der Waals surface area contributed by atoms with Gasteiger partial charge in [-0.1, -0.05) is 29.8 Å². The molecule has 0 aliphatic rings. The molecule has 0 spiro atoms. The van der Waals surface area contributed by atoms with Gasteiger partial charge in [0.25, 0.3) is 0 Å². The Morgan fingerprint density at radius 3 is 2.47 bits per heavy atom. The number of halogens is 1. The lowest BCUT2D eigenvalue weighted by atomic mass is 10.1. The Kier molecular flexibility index (Phi) is 4.45. The van der Waals surface area contributed by atoms with Crippen molar-refractivity contribution in [3.05, 3.63) is 65.0 Å². The van der Waals surface area contributed by atoms with Gasteiger partial charge in [0.05, 0.1) is 16.6 Å². The number of aryl methyl sites for hydroxylation is 1. The minimum atomic E-state index is -1.12. The Morgan fingerprint density at radius 1 is 1.16 bits per heavy atom. The molecular weight excluding hydrogens is 261 g/mol. The first kappa shape index (κ1) is 13.9. The molecule has 2 nitrogen and oxygen atoms in total. The van der Waals surface area contributed by atoms with Crippen molar-refractivity contribution < 1.29 is 8.60 Å². The number of hydrogen-bond donors (Lipinski definition) is 1. The van der Waals surface area contributed by atoms with Gasteiger partial charge in [0, 0.05) is 17.0 Å². The Labute approximate surface area is 114 Å². The maximum absolute atomic E-state index is 13.3. The summed E-state index contributed by atoms with van der Waals surface area (Å²) >= 11 is 0. The summed E-state index contributed by atoms with van der Waals surface area (Å²) < 4.78 is 25.5. The zero-order valence-electron chi connectivity index (χ0n) is 10.7. The van der Waals surface area contributed by atoms with Gasteiger partial charge < -0.3 is 5.73 Å². The van der Waals surface area contributed by atoms with Crippen LogP contribution in [0.25, 0.3) is 0 Å². The molecule has 0 fully saturated rings. The van der Waals surface area contributed by atoms with Crippen molar-refractivity contribution in [2.24, 2.45) is 5.73 Å². The van der Waals surface area contributed by atoms with E-state index >= 15 is 0 Å². The molecule has 0 aromatic heterocycles. The monoisotopic (exact) mass is 277 g/mol. The molecule has 2 aromatic carbocycles. The molecule has 100 valence electrons. The summed E-state index contributed by atoms with van der Waals surface area (Å²) in [5.41, 5.74) is 7.89. The molecule has 0 amide bonds. The van der Waals surface area contributed by atoms with E-state index in [1.807, 2.05) is 31.2 Å². The first-order valence-corrected chi connectivity index (χ1v) is 7.34. The molecule has 1 unspecified atom stereocenters. The highest BCUT2D eigenvalue weighted by Gasteiger charge is 2.07. The lowest BCUT2D eigenvalue weighted by molar-refractivity contribution is 0.610. The van der Waals surface area contributed by atoms with Crippen LogP contribution in [0.5, 0.6) is 0 Å².